The van der Waals surface area contributed by atoms with Gasteiger partial charge in [0.15, 0.2) is 0 Å². The molecule has 0 N–H and O–H groups in total. The number of rotatable bonds is 5. The van der Waals surface area contributed by atoms with E-state index >= 15 is 0 Å². The molecule has 1 atom stereocenters. The third-order valence-corrected chi connectivity index (χ3v) is 5.29. The van der Waals surface area contributed by atoms with Crippen LogP contribution in [0.1, 0.15) is 17.5 Å². The van der Waals surface area contributed by atoms with Crippen molar-refractivity contribution < 1.29 is 23.8 Å². The average molecular weight is 396 g/mol. The summed E-state index contributed by atoms with van der Waals surface area (Å²) >= 11 is 0. The number of cyclic esters (lactones) is 1. The van der Waals surface area contributed by atoms with Crippen molar-refractivity contribution in [2.45, 2.75) is 25.6 Å². The summed E-state index contributed by atoms with van der Waals surface area (Å²) in [6, 6.07) is 15.2. The fourth-order valence-corrected chi connectivity index (χ4v) is 3.74. The molecule has 2 aliphatic rings. The zero-order chi connectivity index (χ0) is 20.2. The normalized spacial score (nSPS) is 18.4. The average Bonchev–Trinajstić information content (AvgIpc) is 3.09. The molecule has 2 amide bonds. The van der Waals surface area contributed by atoms with Gasteiger partial charge in [-0.15, -0.1) is 0 Å². The lowest BCUT2D eigenvalue weighted by Crippen LogP contribution is -2.43. The second-order valence-corrected chi connectivity index (χ2v) is 7.18. The second kappa shape index (κ2) is 8.53. The van der Waals surface area contributed by atoms with Gasteiger partial charge in [-0.1, -0.05) is 30.3 Å². The smallest absolute Gasteiger partial charge is 0.414 e. The van der Waals surface area contributed by atoms with Gasteiger partial charge in [0.05, 0.1) is 25.4 Å². The SMILES string of the molecule is COc1ccc2c(c1)CN(C(=O)COCc1ccccc1)CCC1COC(=O)N21. The number of amides is 2. The first-order chi connectivity index (χ1) is 14.2. The molecule has 2 heterocycles. The molecule has 0 aromatic heterocycles. The van der Waals surface area contributed by atoms with Crippen LogP contribution in [0.5, 0.6) is 5.75 Å². The summed E-state index contributed by atoms with van der Waals surface area (Å²) in [6.45, 7) is 1.65. The van der Waals surface area contributed by atoms with Crippen LogP contribution in [0.15, 0.2) is 48.5 Å². The van der Waals surface area contributed by atoms with Crippen LogP contribution in [-0.4, -0.2) is 49.8 Å². The number of ether oxygens (including phenoxy) is 3. The molecule has 7 heteroatoms. The Bertz CT molecular complexity index is 886. The number of anilines is 1. The van der Waals surface area contributed by atoms with Gasteiger partial charge < -0.3 is 19.1 Å². The molecule has 29 heavy (non-hydrogen) atoms. The van der Waals surface area contributed by atoms with Crippen molar-refractivity contribution in [1.82, 2.24) is 4.90 Å². The lowest BCUT2D eigenvalue weighted by atomic mass is 10.0. The van der Waals surface area contributed by atoms with Gasteiger partial charge in [0.1, 0.15) is 19.0 Å². The van der Waals surface area contributed by atoms with Crippen molar-refractivity contribution in [2.24, 2.45) is 0 Å². The molecule has 1 unspecified atom stereocenters. The predicted octanol–water partition coefficient (Wildman–Crippen LogP) is 2.97. The first-order valence-electron chi connectivity index (χ1n) is 9.68. The second-order valence-electron chi connectivity index (χ2n) is 7.18. The molecule has 1 saturated heterocycles. The van der Waals surface area contributed by atoms with E-state index in [0.717, 1.165) is 16.8 Å². The van der Waals surface area contributed by atoms with Crippen LogP contribution in [-0.2, 0) is 27.4 Å². The molecule has 7 nitrogen and oxygen atoms in total. The molecular formula is C22H24N2O5. The molecule has 0 spiro atoms. The molecular weight excluding hydrogens is 372 g/mol. The topological polar surface area (TPSA) is 68.3 Å². The largest absolute Gasteiger partial charge is 0.497 e. The van der Waals surface area contributed by atoms with Crippen LogP contribution in [0.3, 0.4) is 0 Å². The van der Waals surface area contributed by atoms with Gasteiger partial charge >= 0.3 is 6.09 Å². The Kier molecular flexibility index (Phi) is 5.67. The summed E-state index contributed by atoms with van der Waals surface area (Å²) in [5.41, 5.74) is 2.64. The third-order valence-electron chi connectivity index (χ3n) is 5.29. The van der Waals surface area contributed by atoms with E-state index in [1.807, 2.05) is 48.5 Å². The number of hydrogen-bond acceptors (Lipinski definition) is 5. The molecule has 152 valence electrons. The van der Waals surface area contributed by atoms with Gasteiger partial charge in [-0.2, -0.15) is 0 Å². The summed E-state index contributed by atoms with van der Waals surface area (Å²) in [6.07, 6.45) is 0.314. The fourth-order valence-electron chi connectivity index (χ4n) is 3.74. The molecule has 2 aliphatic heterocycles. The number of hydrogen-bond donors (Lipinski definition) is 0. The zero-order valence-electron chi connectivity index (χ0n) is 16.4. The van der Waals surface area contributed by atoms with Gasteiger partial charge in [-0.3, -0.25) is 9.69 Å². The highest BCUT2D eigenvalue weighted by atomic mass is 16.6. The van der Waals surface area contributed by atoms with E-state index < -0.39 is 0 Å². The first-order valence-corrected chi connectivity index (χ1v) is 9.68. The van der Waals surface area contributed by atoms with Crippen LogP contribution in [0.2, 0.25) is 0 Å². The Morgan fingerprint density at radius 1 is 1.21 bits per heavy atom. The van der Waals surface area contributed by atoms with Crippen LogP contribution < -0.4 is 9.64 Å². The Morgan fingerprint density at radius 3 is 2.83 bits per heavy atom. The molecule has 4 rings (SSSR count). The maximum Gasteiger partial charge on any atom is 0.414 e. The summed E-state index contributed by atoms with van der Waals surface area (Å²) in [4.78, 5) is 28.6. The van der Waals surface area contributed by atoms with E-state index in [9.17, 15) is 9.59 Å². The monoisotopic (exact) mass is 396 g/mol. The third kappa shape index (κ3) is 4.19. The van der Waals surface area contributed by atoms with Crippen LogP contribution in [0.4, 0.5) is 10.5 Å². The molecule has 0 aliphatic carbocycles. The highest BCUT2D eigenvalue weighted by Crippen LogP contribution is 2.33. The highest BCUT2D eigenvalue weighted by Gasteiger charge is 2.37. The number of fused-ring (bicyclic) bond motifs is 3. The Balaban J connectivity index is 1.50. The molecule has 1 fully saturated rings. The molecule has 2 aromatic rings. The number of carbonyl (C=O) groups excluding carboxylic acids is 2. The van der Waals surface area contributed by atoms with Crippen molar-refractivity contribution in [2.75, 3.05) is 31.8 Å². The minimum absolute atomic E-state index is 0.0119. The van der Waals surface area contributed by atoms with Crippen molar-refractivity contribution in [3.8, 4) is 5.75 Å². The van der Waals surface area contributed by atoms with Gasteiger partial charge in [0.25, 0.3) is 0 Å². The van der Waals surface area contributed by atoms with Crippen molar-refractivity contribution in [1.29, 1.82) is 0 Å². The standard InChI is InChI=1S/C22H24N2O5/c1-27-19-7-8-20-17(11-19)12-23(10-9-18-14-29-22(26)24(18)20)21(25)15-28-13-16-5-3-2-4-6-16/h2-8,11,18H,9-10,12-15H2,1H3. The maximum atomic E-state index is 12.8. The first kappa shape index (κ1) is 19.3. The molecule has 0 bridgehead atoms. The van der Waals surface area contributed by atoms with E-state index in [4.69, 9.17) is 14.2 Å². The van der Waals surface area contributed by atoms with Crippen LogP contribution in [0, 0.1) is 0 Å². The summed E-state index contributed by atoms with van der Waals surface area (Å²) < 4.78 is 16.2. The predicted molar refractivity (Wildman–Crippen MR) is 107 cm³/mol. The quantitative estimate of drug-likeness (QED) is 0.777. The summed E-state index contributed by atoms with van der Waals surface area (Å²) in [7, 11) is 1.60. The van der Waals surface area contributed by atoms with Crippen molar-refractivity contribution >= 4 is 17.7 Å². The number of nitrogens with zero attached hydrogens (tertiary/aromatic N) is 2. The van der Waals surface area contributed by atoms with Crippen molar-refractivity contribution in [3.05, 3.63) is 59.7 Å². The van der Waals surface area contributed by atoms with E-state index in [2.05, 4.69) is 0 Å². The highest BCUT2D eigenvalue weighted by molar-refractivity contribution is 5.91. The lowest BCUT2D eigenvalue weighted by Gasteiger charge is -2.32. The molecule has 0 saturated carbocycles. The summed E-state index contributed by atoms with van der Waals surface area (Å²) in [5.74, 6) is 0.606. The number of benzene rings is 2. The van der Waals surface area contributed by atoms with Crippen LogP contribution in [0.25, 0.3) is 0 Å². The van der Waals surface area contributed by atoms with Gasteiger partial charge in [-0.25, -0.2) is 4.79 Å². The molecule has 0 radical (unpaired) electrons. The van der Waals surface area contributed by atoms with E-state index in [-0.39, 0.29) is 24.6 Å². The van der Waals surface area contributed by atoms with E-state index in [0.29, 0.717) is 38.5 Å². The minimum Gasteiger partial charge on any atom is -0.497 e. The number of methoxy groups -OCH3 is 1. The van der Waals surface area contributed by atoms with Gasteiger partial charge in [0.2, 0.25) is 5.91 Å². The Hall–Kier alpha value is -3.06. The van der Waals surface area contributed by atoms with E-state index in [1.54, 1.807) is 16.9 Å². The number of carbonyl (C=O) groups is 2. The Labute approximate surface area is 169 Å². The maximum absolute atomic E-state index is 12.8. The Morgan fingerprint density at radius 2 is 2.03 bits per heavy atom. The van der Waals surface area contributed by atoms with Crippen molar-refractivity contribution in [3.63, 3.8) is 0 Å². The van der Waals surface area contributed by atoms with Gasteiger partial charge in [-0.05, 0) is 35.7 Å². The zero-order valence-corrected chi connectivity index (χ0v) is 16.4. The van der Waals surface area contributed by atoms with E-state index in [1.165, 1.54) is 0 Å². The summed E-state index contributed by atoms with van der Waals surface area (Å²) in [5, 5.41) is 0. The van der Waals surface area contributed by atoms with Crippen LogP contribution >= 0.6 is 0 Å². The lowest BCUT2D eigenvalue weighted by molar-refractivity contribution is -0.137. The molecule has 2 aromatic carbocycles. The minimum atomic E-state index is -0.340. The van der Waals surface area contributed by atoms with Gasteiger partial charge in [0, 0.05) is 13.1 Å². The fraction of sp³-hybridized carbons (Fsp3) is 0.364.